The SMILES string of the molecule is Cc1nn(C(C)C)cc1C(=O)Nc1ccc(OC(C)C(=O)O)c(F)c1. The topological polar surface area (TPSA) is 93.5 Å². The van der Waals surface area contributed by atoms with Crippen molar-refractivity contribution in [3.8, 4) is 5.75 Å². The van der Waals surface area contributed by atoms with Crippen LogP contribution in [-0.2, 0) is 4.79 Å². The second-order valence-corrected chi connectivity index (χ2v) is 5.90. The monoisotopic (exact) mass is 349 g/mol. The zero-order valence-electron chi connectivity index (χ0n) is 14.4. The fourth-order valence-corrected chi connectivity index (χ4v) is 2.08. The van der Waals surface area contributed by atoms with Crippen LogP contribution in [0.5, 0.6) is 5.75 Å². The van der Waals surface area contributed by atoms with Crippen molar-refractivity contribution in [3.63, 3.8) is 0 Å². The zero-order chi connectivity index (χ0) is 18.7. The Labute approximate surface area is 144 Å². The van der Waals surface area contributed by atoms with Crippen molar-refractivity contribution in [2.24, 2.45) is 0 Å². The number of amides is 1. The lowest BCUT2D eigenvalue weighted by atomic mass is 10.2. The fraction of sp³-hybridized carbons (Fsp3) is 0.353. The molecule has 1 amide bonds. The summed E-state index contributed by atoms with van der Waals surface area (Å²) < 4.78 is 20.7. The number of hydrogen-bond acceptors (Lipinski definition) is 4. The van der Waals surface area contributed by atoms with E-state index in [1.807, 2.05) is 13.8 Å². The number of halogens is 1. The molecule has 1 aromatic carbocycles. The summed E-state index contributed by atoms with van der Waals surface area (Å²) >= 11 is 0. The van der Waals surface area contributed by atoms with E-state index in [1.165, 1.54) is 19.1 Å². The minimum atomic E-state index is -1.20. The van der Waals surface area contributed by atoms with Gasteiger partial charge < -0.3 is 15.2 Å². The molecule has 0 spiro atoms. The number of carbonyl (C=O) groups excluding carboxylic acids is 1. The molecule has 2 N–H and O–H groups in total. The number of carboxylic acids is 1. The molecule has 0 radical (unpaired) electrons. The first-order valence-corrected chi connectivity index (χ1v) is 7.75. The van der Waals surface area contributed by atoms with Crippen LogP contribution in [0.15, 0.2) is 24.4 Å². The largest absolute Gasteiger partial charge is 0.479 e. The van der Waals surface area contributed by atoms with Gasteiger partial charge in [0.05, 0.1) is 11.3 Å². The Morgan fingerprint density at radius 2 is 2.00 bits per heavy atom. The number of aryl methyl sites for hydroxylation is 1. The van der Waals surface area contributed by atoms with Crippen LogP contribution in [0, 0.1) is 12.7 Å². The number of nitrogens with zero attached hydrogens (tertiary/aromatic N) is 2. The molecule has 7 nitrogen and oxygen atoms in total. The molecule has 1 heterocycles. The van der Waals surface area contributed by atoms with Crippen LogP contribution < -0.4 is 10.1 Å². The molecule has 0 bridgehead atoms. The molecule has 1 unspecified atom stereocenters. The van der Waals surface area contributed by atoms with Gasteiger partial charge in [-0.1, -0.05) is 0 Å². The van der Waals surface area contributed by atoms with E-state index in [4.69, 9.17) is 9.84 Å². The van der Waals surface area contributed by atoms with Gasteiger partial charge in [-0.15, -0.1) is 0 Å². The van der Waals surface area contributed by atoms with Gasteiger partial charge in [0.1, 0.15) is 0 Å². The van der Waals surface area contributed by atoms with E-state index in [-0.39, 0.29) is 17.5 Å². The number of aromatic nitrogens is 2. The average Bonchev–Trinajstić information content (AvgIpc) is 2.92. The van der Waals surface area contributed by atoms with Crippen molar-refractivity contribution in [1.29, 1.82) is 0 Å². The summed E-state index contributed by atoms with van der Waals surface area (Å²) in [7, 11) is 0. The standard InChI is InChI=1S/C17H20FN3O4/c1-9(2)21-8-13(10(3)20-21)16(22)19-12-5-6-15(14(18)7-12)25-11(4)17(23)24/h5-9,11H,1-4H3,(H,19,22)(H,23,24). The van der Waals surface area contributed by atoms with E-state index in [9.17, 15) is 14.0 Å². The molecule has 0 aliphatic carbocycles. The zero-order valence-corrected chi connectivity index (χ0v) is 14.4. The molecular weight excluding hydrogens is 329 g/mol. The van der Waals surface area contributed by atoms with Crippen molar-refractivity contribution >= 4 is 17.6 Å². The Balaban J connectivity index is 2.14. The molecule has 2 aromatic rings. The second-order valence-electron chi connectivity index (χ2n) is 5.90. The average molecular weight is 349 g/mol. The van der Waals surface area contributed by atoms with Gasteiger partial charge >= 0.3 is 5.97 Å². The van der Waals surface area contributed by atoms with Crippen LogP contribution in [-0.4, -0.2) is 32.9 Å². The molecule has 0 saturated carbocycles. The van der Waals surface area contributed by atoms with Gasteiger partial charge in [-0.3, -0.25) is 9.48 Å². The molecule has 2 rings (SSSR count). The molecule has 0 aliphatic rings. The number of hydrogen-bond donors (Lipinski definition) is 2. The van der Waals surface area contributed by atoms with Crippen LogP contribution in [0.2, 0.25) is 0 Å². The highest BCUT2D eigenvalue weighted by Gasteiger charge is 2.17. The first kappa shape index (κ1) is 18.4. The first-order valence-electron chi connectivity index (χ1n) is 7.75. The lowest BCUT2D eigenvalue weighted by Gasteiger charge is -2.12. The predicted octanol–water partition coefficient (Wildman–Crippen LogP) is 3.02. The maximum absolute atomic E-state index is 14.0. The molecule has 134 valence electrons. The quantitative estimate of drug-likeness (QED) is 0.836. The predicted molar refractivity (Wildman–Crippen MR) is 89.4 cm³/mol. The van der Waals surface area contributed by atoms with E-state index < -0.39 is 23.8 Å². The van der Waals surface area contributed by atoms with Gasteiger partial charge in [-0.25, -0.2) is 9.18 Å². The van der Waals surface area contributed by atoms with Gasteiger partial charge in [0.15, 0.2) is 17.7 Å². The summed E-state index contributed by atoms with van der Waals surface area (Å²) in [5.74, 6) is -2.57. The third-order valence-corrected chi connectivity index (χ3v) is 3.53. The van der Waals surface area contributed by atoms with Crippen molar-refractivity contribution in [2.45, 2.75) is 39.8 Å². The highest BCUT2D eigenvalue weighted by molar-refractivity contribution is 6.04. The van der Waals surface area contributed by atoms with Crippen LogP contribution in [0.3, 0.4) is 0 Å². The van der Waals surface area contributed by atoms with E-state index in [0.29, 0.717) is 11.3 Å². The Bertz CT molecular complexity index is 801. The number of anilines is 1. The summed E-state index contributed by atoms with van der Waals surface area (Å²) in [6.07, 6.45) is 0.456. The summed E-state index contributed by atoms with van der Waals surface area (Å²) in [5, 5.41) is 15.6. The van der Waals surface area contributed by atoms with Crippen molar-refractivity contribution in [1.82, 2.24) is 9.78 Å². The fourth-order valence-electron chi connectivity index (χ4n) is 2.08. The summed E-state index contributed by atoms with van der Waals surface area (Å²) in [5.41, 5.74) is 1.20. The van der Waals surface area contributed by atoms with E-state index in [0.717, 1.165) is 6.07 Å². The van der Waals surface area contributed by atoms with E-state index >= 15 is 0 Å². The molecule has 8 heteroatoms. The van der Waals surface area contributed by atoms with Crippen LogP contribution in [0.25, 0.3) is 0 Å². The normalized spacial score (nSPS) is 12.1. The molecule has 0 aliphatic heterocycles. The van der Waals surface area contributed by atoms with Crippen molar-refractivity contribution < 1.29 is 23.8 Å². The summed E-state index contributed by atoms with van der Waals surface area (Å²) in [4.78, 5) is 23.1. The number of nitrogens with one attached hydrogen (secondary N) is 1. The van der Waals surface area contributed by atoms with Crippen LogP contribution in [0.1, 0.15) is 42.9 Å². The lowest BCUT2D eigenvalue weighted by Crippen LogP contribution is -2.23. The minimum absolute atomic E-state index is 0.116. The maximum Gasteiger partial charge on any atom is 0.344 e. The van der Waals surface area contributed by atoms with Crippen molar-refractivity contribution in [3.05, 3.63) is 41.5 Å². The molecule has 0 saturated heterocycles. The smallest absolute Gasteiger partial charge is 0.344 e. The summed E-state index contributed by atoms with van der Waals surface area (Å²) in [6, 6.07) is 3.90. The van der Waals surface area contributed by atoms with Gasteiger partial charge in [0, 0.05) is 24.0 Å². The second kappa shape index (κ2) is 7.33. The Morgan fingerprint density at radius 3 is 2.52 bits per heavy atom. The number of carbonyl (C=O) groups is 2. The Morgan fingerprint density at radius 1 is 1.32 bits per heavy atom. The van der Waals surface area contributed by atoms with Gasteiger partial charge in [0.2, 0.25) is 0 Å². The van der Waals surface area contributed by atoms with Gasteiger partial charge in [-0.2, -0.15) is 5.10 Å². The number of aliphatic carboxylic acids is 1. The highest BCUT2D eigenvalue weighted by atomic mass is 19.1. The number of ether oxygens (including phenoxy) is 1. The van der Waals surface area contributed by atoms with Crippen LogP contribution in [0.4, 0.5) is 10.1 Å². The molecular formula is C17H20FN3O4. The molecule has 25 heavy (non-hydrogen) atoms. The van der Waals surface area contributed by atoms with E-state index in [2.05, 4.69) is 10.4 Å². The van der Waals surface area contributed by atoms with Crippen molar-refractivity contribution in [2.75, 3.05) is 5.32 Å². The maximum atomic E-state index is 14.0. The molecule has 0 fully saturated rings. The van der Waals surface area contributed by atoms with Crippen LogP contribution >= 0.6 is 0 Å². The Kier molecular flexibility index (Phi) is 5.41. The third kappa shape index (κ3) is 4.34. The third-order valence-electron chi connectivity index (χ3n) is 3.53. The first-order chi connectivity index (χ1) is 11.7. The van der Waals surface area contributed by atoms with Gasteiger partial charge in [-0.05, 0) is 39.8 Å². The number of benzene rings is 1. The van der Waals surface area contributed by atoms with E-state index in [1.54, 1.807) is 17.8 Å². The minimum Gasteiger partial charge on any atom is -0.479 e. The lowest BCUT2D eigenvalue weighted by molar-refractivity contribution is -0.144. The number of rotatable bonds is 6. The molecule has 1 atom stereocenters. The Hall–Kier alpha value is -2.90. The molecule has 1 aromatic heterocycles. The van der Waals surface area contributed by atoms with Gasteiger partial charge in [0.25, 0.3) is 5.91 Å². The highest BCUT2D eigenvalue weighted by Crippen LogP contribution is 2.23. The summed E-state index contributed by atoms with van der Waals surface area (Å²) in [6.45, 7) is 6.91. The number of carboxylic acid groups (broad SMARTS) is 1.